The van der Waals surface area contributed by atoms with Crippen molar-refractivity contribution in [2.24, 2.45) is 5.16 Å². The monoisotopic (exact) mass is 354 g/mol. The third-order valence-corrected chi connectivity index (χ3v) is 4.08. The largest absolute Gasteiger partial charge is 0.389 e. The standard InChI is InChI=1S/C13H11BrN2O3S/c1-13(2)6-9(15-19-13)12(20-17)11-8-5-7(14)3-4-10(8)18-16-11/h3-5H,6H2,1-2H3. The van der Waals surface area contributed by atoms with Crippen molar-refractivity contribution in [2.45, 2.75) is 25.9 Å². The SMILES string of the molecule is CC1(C)CC(C(=S=O)c2noc3ccc(Br)cc23)=NO1. The van der Waals surface area contributed by atoms with Crippen molar-refractivity contribution in [1.29, 1.82) is 0 Å². The Bertz CT molecular complexity index is 775. The fraction of sp³-hybridized carbons (Fsp3) is 0.308. The third kappa shape index (κ3) is 2.31. The molecule has 0 bridgehead atoms. The number of oxime groups is 1. The van der Waals surface area contributed by atoms with Gasteiger partial charge >= 0.3 is 0 Å². The van der Waals surface area contributed by atoms with Gasteiger partial charge in [0.15, 0.2) is 5.58 Å². The number of rotatable bonds is 2. The molecule has 0 fully saturated rings. The second-order valence-electron chi connectivity index (χ2n) is 5.15. The van der Waals surface area contributed by atoms with Crippen LogP contribution in [-0.4, -0.2) is 25.5 Å². The number of halogens is 1. The molecule has 0 unspecified atom stereocenters. The summed E-state index contributed by atoms with van der Waals surface area (Å²) in [5.41, 5.74) is 1.37. The third-order valence-electron chi connectivity index (χ3n) is 2.99. The van der Waals surface area contributed by atoms with Crippen LogP contribution in [0.5, 0.6) is 0 Å². The van der Waals surface area contributed by atoms with E-state index in [-0.39, 0.29) is 0 Å². The minimum Gasteiger partial charge on any atom is -0.389 e. The molecule has 3 rings (SSSR count). The highest BCUT2D eigenvalue weighted by Gasteiger charge is 2.33. The molecule has 0 spiro atoms. The maximum absolute atomic E-state index is 11.5. The zero-order chi connectivity index (χ0) is 14.3. The second kappa shape index (κ2) is 4.82. The lowest BCUT2D eigenvalue weighted by Crippen LogP contribution is -2.23. The summed E-state index contributed by atoms with van der Waals surface area (Å²) in [6.07, 6.45) is 0.569. The van der Waals surface area contributed by atoms with Crippen molar-refractivity contribution in [3.05, 3.63) is 28.4 Å². The predicted molar refractivity (Wildman–Crippen MR) is 81.2 cm³/mol. The summed E-state index contributed by atoms with van der Waals surface area (Å²) >= 11 is 3.77. The van der Waals surface area contributed by atoms with Crippen LogP contribution in [0.4, 0.5) is 0 Å². The highest BCUT2D eigenvalue weighted by atomic mass is 79.9. The highest BCUT2D eigenvalue weighted by Crippen LogP contribution is 2.27. The summed E-state index contributed by atoms with van der Waals surface area (Å²) in [6, 6.07) is 5.54. The van der Waals surface area contributed by atoms with E-state index in [9.17, 15) is 4.21 Å². The van der Waals surface area contributed by atoms with Gasteiger partial charge in [0.25, 0.3) is 0 Å². The van der Waals surface area contributed by atoms with Gasteiger partial charge in [0.2, 0.25) is 0 Å². The zero-order valence-electron chi connectivity index (χ0n) is 10.8. The number of nitrogens with zero attached hydrogens (tertiary/aromatic N) is 2. The molecular weight excluding hydrogens is 344 g/mol. The van der Waals surface area contributed by atoms with Crippen LogP contribution in [0.2, 0.25) is 0 Å². The maximum atomic E-state index is 11.5. The van der Waals surface area contributed by atoms with E-state index < -0.39 is 5.60 Å². The smallest absolute Gasteiger partial charge is 0.167 e. The summed E-state index contributed by atoms with van der Waals surface area (Å²) < 4.78 is 17.7. The Labute approximate surface area is 127 Å². The lowest BCUT2D eigenvalue weighted by Gasteiger charge is -2.13. The van der Waals surface area contributed by atoms with E-state index in [1.54, 1.807) is 6.07 Å². The van der Waals surface area contributed by atoms with Gasteiger partial charge in [0.1, 0.15) is 33.1 Å². The Balaban J connectivity index is 2.10. The minimum absolute atomic E-state index is 0.364. The molecule has 1 aromatic carbocycles. The molecule has 0 saturated carbocycles. The lowest BCUT2D eigenvalue weighted by molar-refractivity contribution is 0.0123. The molecule has 0 saturated heterocycles. The molecular formula is C13H11BrN2O3S. The molecule has 0 N–H and O–H groups in total. The number of hydrogen-bond donors (Lipinski definition) is 0. The van der Waals surface area contributed by atoms with Gasteiger partial charge < -0.3 is 9.36 Å². The fourth-order valence-electron chi connectivity index (χ4n) is 2.07. The van der Waals surface area contributed by atoms with Gasteiger partial charge in [-0.1, -0.05) is 26.2 Å². The van der Waals surface area contributed by atoms with E-state index in [0.717, 1.165) is 9.86 Å². The van der Waals surface area contributed by atoms with Gasteiger partial charge in [-0.05, 0) is 32.0 Å². The Kier molecular flexibility index (Phi) is 3.25. The van der Waals surface area contributed by atoms with E-state index in [1.807, 2.05) is 26.0 Å². The first kappa shape index (κ1) is 13.5. The van der Waals surface area contributed by atoms with Crippen LogP contribution in [0.1, 0.15) is 26.0 Å². The van der Waals surface area contributed by atoms with Crippen molar-refractivity contribution < 1.29 is 13.6 Å². The number of fused-ring (bicyclic) bond motifs is 1. The number of benzene rings is 1. The molecule has 1 aliphatic rings. The van der Waals surface area contributed by atoms with E-state index in [4.69, 9.17) is 9.36 Å². The molecule has 1 aromatic heterocycles. The predicted octanol–water partition coefficient (Wildman–Crippen LogP) is 2.88. The van der Waals surface area contributed by atoms with Crippen LogP contribution < -0.4 is 0 Å². The number of aromatic nitrogens is 1. The maximum Gasteiger partial charge on any atom is 0.167 e. The summed E-state index contributed by atoms with van der Waals surface area (Å²) in [7, 11) is 0. The molecule has 0 radical (unpaired) electrons. The van der Waals surface area contributed by atoms with E-state index in [1.165, 1.54) is 0 Å². The Morgan fingerprint density at radius 2 is 2.25 bits per heavy atom. The van der Waals surface area contributed by atoms with Crippen LogP contribution in [0.3, 0.4) is 0 Å². The summed E-state index contributed by atoms with van der Waals surface area (Å²) in [5.74, 6) is 0. The first-order valence-electron chi connectivity index (χ1n) is 5.98. The quantitative estimate of drug-likeness (QED) is 0.614. The molecule has 1 aliphatic heterocycles. The molecule has 104 valence electrons. The molecule has 0 aliphatic carbocycles. The highest BCUT2D eigenvalue weighted by molar-refractivity contribution is 9.10. The van der Waals surface area contributed by atoms with E-state index >= 15 is 0 Å². The molecule has 0 atom stereocenters. The van der Waals surface area contributed by atoms with Crippen LogP contribution >= 0.6 is 15.9 Å². The molecule has 7 heteroatoms. The number of hydrogen-bond acceptors (Lipinski definition) is 5. The van der Waals surface area contributed by atoms with Gasteiger partial charge in [-0.15, -0.1) is 0 Å². The van der Waals surface area contributed by atoms with Crippen LogP contribution in [0, 0.1) is 0 Å². The Morgan fingerprint density at radius 3 is 2.90 bits per heavy atom. The van der Waals surface area contributed by atoms with Gasteiger partial charge in [-0.3, -0.25) is 0 Å². The zero-order valence-corrected chi connectivity index (χ0v) is 13.2. The van der Waals surface area contributed by atoms with E-state index in [0.29, 0.717) is 39.5 Å². The normalized spacial score (nSPS) is 16.9. The van der Waals surface area contributed by atoms with Crippen LogP contribution in [0.25, 0.3) is 11.0 Å². The van der Waals surface area contributed by atoms with Gasteiger partial charge in [0, 0.05) is 10.9 Å². The lowest BCUT2D eigenvalue weighted by atomic mass is 9.99. The van der Waals surface area contributed by atoms with E-state index in [2.05, 4.69) is 26.2 Å². The Hall–Kier alpha value is -1.47. The van der Waals surface area contributed by atoms with Crippen molar-refractivity contribution >= 4 is 48.7 Å². The van der Waals surface area contributed by atoms with Crippen molar-refractivity contribution in [1.82, 2.24) is 5.16 Å². The molecule has 20 heavy (non-hydrogen) atoms. The molecule has 5 nitrogen and oxygen atoms in total. The van der Waals surface area contributed by atoms with Crippen LogP contribution in [-0.2, 0) is 16.1 Å². The molecule has 2 heterocycles. The summed E-state index contributed by atoms with van der Waals surface area (Å²) in [4.78, 5) is 5.77. The van der Waals surface area contributed by atoms with Gasteiger partial charge in [-0.2, -0.15) is 0 Å². The topological polar surface area (TPSA) is 64.7 Å². The first-order valence-corrected chi connectivity index (χ1v) is 7.51. The Morgan fingerprint density at radius 1 is 1.45 bits per heavy atom. The minimum atomic E-state index is -0.392. The molecule has 0 amide bonds. The second-order valence-corrected chi connectivity index (χ2v) is 6.64. The van der Waals surface area contributed by atoms with Gasteiger partial charge in [-0.25, -0.2) is 4.21 Å². The van der Waals surface area contributed by atoms with Crippen molar-refractivity contribution in [2.75, 3.05) is 0 Å². The first-order chi connectivity index (χ1) is 9.50. The fourth-order valence-corrected chi connectivity index (χ4v) is 2.86. The summed E-state index contributed by atoms with van der Waals surface area (Å²) in [6.45, 7) is 3.85. The van der Waals surface area contributed by atoms with Gasteiger partial charge in [0.05, 0.1) is 5.39 Å². The average molecular weight is 355 g/mol. The molecule has 2 aromatic rings. The van der Waals surface area contributed by atoms with Crippen LogP contribution in [0.15, 0.2) is 32.4 Å². The summed E-state index contributed by atoms with van der Waals surface area (Å²) in [5, 5.41) is 8.80. The van der Waals surface area contributed by atoms with Crippen molar-refractivity contribution in [3.8, 4) is 0 Å². The average Bonchev–Trinajstić information content (AvgIpc) is 2.95. The van der Waals surface area contributed by atoms with Crippen molar-refractivity contribution in [3.63, 3.8) is 0 Å².